The van der Waals surface area contributed by atoms with Crippen LogP contribution in [0.15, 0.2) is 35.5 Å². The van der Waals surface area contributed by atoms with Gasteiger partial charge in [0.2, 0.25) is 0 Å². The maximum Gasteiger partial charge on any atom is 0.0811 e. The Bertz CT molecular complexity index is 747. The molecule has 0 spiro atoms. The maximum absolute atomic E-state index is 10.6. The summed E-state index contributed by atoms with van der Waals surface area (Å²) in [6.07, 6.45) is 13.6. The minimum Gasteiger partial charge on any atom is -0.393 e. The van der Waals surface area contributed by atoms with Gasteiger partial charge >= 0.3 is 0 Å². The number of fused-ring (bicyclic) bond motifs is 1. The van der Waals surface area contributed by atoms with Gasteiger partial charge in [-0.05, 0) is 93.1 Å². The normalized spacial score (nSPS) is 34.9. The van der Waals surface area contributed by atoms with Gasteiger partial charge < -0.3 is 20.1 Å². The summed E-state index contributed by atoms with van der Waals surface area (Å²) in [5.41, 5.74) is 2.92. The molecule has 3 N–H and O–H groups in total. The fourth-order valence-electron chi connectivity index (χ4n) is 7.20. The SMILES string of the molecule is C=C1/C(=C/C=C2\CCC[C@]3(COCCCC(O)(CC)CC)[C@@H](C(C)C)CC[C@@H]23)C[C@@H](O)C[C@@H]1O. The molecule has 0 radical (unpaired) electrons. The maximum atomic E-state index is 10.6. The second kappa shape index (κ2) is 11.9. The highest BCUT2D eigenvalue weighted by Crippen LogP contribution is 2.59. The van der Waals surface area contributed by atoms with Crippen LogP contribution in [-0.2, 0) is 4.74 Å². The van der Waals surface area contributed by atoms with Crippen LogP contribution < -0.4 is 0 Å². The van der Waals surface area contributed by atoms with Gasteiger partial charge in [-0.2, -0.15) is 0 Å². The molecule has 4 nitrogen and oxygen atoms in total. The number of ether oxygens (including phenoxy) is 1. The van der Waals surface area contributed by atoms with Crippen LogP contribution in [-0.4, -0.2) is 46.3 Å². The number of aliphatic hydroxyl groups excluding tert-OH is 2. The number of allylic oxidation sites excluding steroid dienone is 3. The van der Waals surface area contributed by atoms with E-state index in [2.05, 4.69) is 46.4 Å². The minimum atomic E-state index is -0.637. The summed E-state index contributed by atoms with van der Waals surface area (Å²) < 4.78 is 6.40. The highest BCUT2D eigenvalue weighted by atomic mass is 16.5. The molecule has 3 aliphatic carbocycles. The molecule has 0 amide bonds. The molecule has 194 valence electrons. The van der Waals surface area contributed by atoms with Crippen LogP contribution in [0.2, 0.25) is 0 Å². The Morgan fingerprint density at radius 1 is 1.18 bits per heavy atom. The third-order valence-electron chi connectivity index (χ3n) is 9.44. The third kappa shape index (κ3) is 6.06. The van der Waals surface area contributed by atoms with Crippen LogP contribution >= 0.6 is 0 Å². The number of rotatable bonds is 10. The van der Waals surface area contributed by atoms with E-state index in [0.717, 1.165) is 56.5 Å². The zero-order valence-corrected chi connectivity index (χ0v) is 22.2. The highest BCUT2D eigenvalue weighted by Gasteiger charge is 2.53. The zero-order valence-electron chi connectivity index (χ0n) is 22.2. The van der Waals surface area contributed by atoms with Gasteiger partial charge in [0.1, 0.15) is 0 Å². The first-order valence-electron chi connectivity index (χ1n) is 13.9. The molecule has 0 unspecified atom stereocenters. The molecular weight excluding hydrogens is 424 g/mol. The molecular formula is C30H50O4. The number of aliphatic hydroxyl groups is 3. The second-order valence-corrected chi connectivity index (χ2v) is 11.7. The van der Waals surface area contributed by atoms with Crippen molar-refractivity contribution in [1.29, 1.82) is 0 Å². The molecule has 0 saturated heterocycles. The summed E-state index contributed by atoms with van der Waals surface area (Å²) in [7, 11) is 0. The molecule has 5 atom stereocenters. The average molecular weight is 475 g/mol. The van der Waals surface area contributed by atoms with E-state index >= 15 is 0 Å². The van der Waals surface area contributed by atoms with Crippen LogP contribution in [0.5, 0.6) is 0 Å². The van der Waals surface area contributed by atoms with Crippen molar-refractivity contribution in [2.24, 2.45) is 23.2 Å². The molecule has 0 heterocycles. The first-order valence-corrected chi connectivity index (χ1v) is 13.9. The Labute approximate surface area is 208 Å². The Morgan fingerprint density at radius 2 is 1.91 bits per heavy atom. The molecule has 0 aromatic carbocycles. The van der Waals surface area contributed by atoms with E-state index in [1.54, 1.807) is 0 Å². The van der Waals surface area contributed by atoms with Crippen molar-refractivity contribution in [3.63, 3.8) is 0 Å². The lowest BCUT2D eigenvalue weighted by molar-refractivity contribution is -0.0366. The predicted molar refractivity (Wildman–Crippen MR) is 139 cm³/mol. The Kier molecular flexibility index (Phi) is 9.65. The van der Waals surface area contributed by atoms with E-state index < -0.39 is 17.8 Å². The smallest absolute Gasteiger partial charge is 0.0811 e. The quantitative estimate of drug-likeness (QED) is 0.334. The Morgan fingerprint density at radius 3 is 2.59 bits per heavy atom. The molecule has 3 saturated carbocycles. The molecule has 0 aromatic rings. The van der Waals surface area contributed by atoms with Gasteiger partial charge in [-0.15, -0.1) is 0 Å². The summed E-state index contributed by atoms with van der Waals surface area (Å²) >= 11 is 0. The van der Waals surface area contributed by atoms with Gasteiger partial charge in [0.25, 0.3) is 0 Å². The summed E-state index contributed by atoms with van der Waals surface area (Å²) in [6.45, 7) is 14.5. The highest BCUT2D eigenvalue weighted by molar-refractivity contribution is 5.38. The fourth-order valence-corrected chi connectivity index (χ4v) is 7.20. The van der Waals surface area contributed by atoms with Crippen molar-refractivity contribution < 1.29 is 20.1 Å². The van der Waals surface area contributed by atoms with E-state index in [4.69, 9.17) is 4.74 Å². The van der Waals surface area contributed by atoms with E-state index in [0.29, 0.717) is 30.6 Å². The Balaban J connectivity index is 1.72. The molecule has 0 bridgehead atoms. The van der Waals surface area contributed by atoms with Crippen LogP contribution in [0.25, 0.3) is 0 Å². The molecule has 0 aliphatic heterocycles. The minimum absolute atomic E-state index is 0.200. The van der Waals surface area contributed by atoms with Crippen LogP contribution in [0, 0.1) is 23.2 Å². The lowest BCUT2D eigenvalue weighted by Crippen LogP contribution is -2.42. The van der Waals surface area contributed by atoms with Gasteiger partial charge in [0, 0.05) is 18.4 Å². The fraction of sp³-hybridized carbons (Fsp3) is 0.800. The number of hydrogen-bond donors (Lipinski definition) is 3. The van der Waals surface area contributed by atoms with Crippen LogP contribution in [0.3, 0.4) is 0 Å². The van der Waals surface area contributed by atoms with Gasteiger partial charge in [0.15, 0.2) is 0 Å². The second-order valence-electron chi connectivity index (χ2n) is 11.7. The van der Waals surface area contributed by atoms with Crippen LogP contribution in [0.1, 0.15) is 98.3 Å². The molecule has 34 heavy (non-hydrogen) atoms. The average Bonchev–Trinajstić information content (AvgIpc) is 3.20. The number of hydrogen-bond acceptors (Lipinski definition) is 4. The van der Waals surface area contributed by atoms with Gasteiger partial charge in [-0.3, -0.25) is 0 Å². The molecule has 0 aromatic heterocycles. The topological polar surface area (TPSA) is 69.9 Å². The zero-order chi connectivity index (χ0) is 24.9. The van der Waals surface area contributed by atoms with Crippen molar-refractivity contribution in [3.05, 3.63) is 35.5 Å². The van der Waals surface area contributed by atoms with Crippen LogP contribution in [0.4, 0.5) is 0 Å². The van der Waals surface area contributed by atoms with Crippen molar-refractivity contribution in [2.75, 3.05) is 13.2 Å². The molecule has 3 aliphatic rings. The van der Waals surface area contributed by atoms with Crippen molar-refractivity contribution in [1.82, 2.24) is 0 Å². The summed E-state index contributed by atoms with van der Waals surface area (Å²) in [5, 5.41) is 30.9. The van der Waals surface area contributed by atoms with Crippen molar-refractivity contribution >= 4 is 0 Å². The molecule has 3 rings (SSSR count). The van der Waals surface area contributed by atoms with E-state index in [1.807, 2.05) is 0 Å². The summed E-state index contributed by atoms with van der Waals surface area (Å²) in [4.78, 5) is 0. The largest absolute Gasteiger partial charge is 0.393 e. The predicted octanol–water partition coefficient (Wildman–Crippen LogP) is 6.11. The van der Waals surface area contributed by atoms with Crippen molar-refractivity contribution in [2.45, 2.75) is 116 Å². The first kappa shape index (κ1) is 27.6. The lowest BCUT2D eigenvalue weighted by atomic mass is 9.60. The Hall–Kier alpha value is -0.940. The van der Waals surface area contributed by atoms with Crippen molar-refractivity contribution in [3.8, 4) is 0 Å². The lowest BCUT2D eigenvalue weighted by Gasteiger charge is -2.46. The summed E-state index contributed by atoms with van der Waals surface area (Å²) in [6, 6.07) is 0. The van der Waals surface area contributed by atoms with E-state index in [1.165, 1.54) is 31.3 Å². The molecule has 4 heteroatoms. The standard InChI is InChI=1S/C30H50O4/c1-6-29(33,7-2)15-9-17-34-20-30-16-8-10-23(27(30)14-13-26(30)21(3)4)11-12-24-18-25(31)19-28(32)22(24)5/h11-12,21,25-28,31-33H,5-10,13-20H2,1-4H3/b23-11+,24-12+/t25-,26-,27+,28+,30+/m1/s1. The van der Waals surface area contributed by atoms with E-state index in [9.17, 15) is 15.3 Å². The monoisotopic (exact) mass is 474 g/mol. The summed E-state index contributed by atoms with van der Waals surface area (Å²) in [5.74, 6) is 1.85. The van der Waals surface area contributed by atoms with Gasteiger partial charge in [0.05, 0.1) is 24.4 Å². The molecule has 3 fully saturated rings. The van der Waals surface area contributed by atoms with Gasteiger partial charge in [-0.25, -0.2) is 0 Å². The van der Waals surface area contributed by atoms with E-state index in [-0.39, 0.29) is 5.41 Å². The first-order chi connectivity index (χ1) is 16.2. The van der Waals surface area contributed by atoms with Gasteiger partial charge in [-0.1, -0.05) is 52.0 Å². The third-order valence-corrected chi connectivity index (χ3v) is 9.44.